The lowest BCUT2D eigenvalue weighted by Gasteiger charge is -2.19. The summed E-state index contributed by atoms with van der Waals surface area (Å²) in [6.07, 6.45) is 1.78. The quantitative estimate of drug-likeness (QED) is 0.680. The summed E-state index contributed by atoms with van der Waals surface area (Å²) < 4.78 is 0. The first-order chi connectivity index (χ1) is 11.0. The highest BCUT2D eigenvalue weighted by molar-refractivity contribution is 7.80. The number of carbonyl (C=O) groups is 1. The fourth-order valence-corrected chi connectivity index (χ4v) is 2.69. The Kier molecular flexibility index (Phi) is 3.88. The van der Waals surface area contributed by atoms with E-state index in [2.05, 4.69) is 0 Å². The first-order valence-corrected chi connectivity index (χ1v) is 7.58. The van der Waals surface area contributed by atoms with E-state index >= 15 is 0 Å². The van der Waals surface area contributed by atoms with Crippen LogP contribution in [0.4, 0.5) is 5.69 Å². The molecule has 0 radical (unpaired) electrons. The zero-order valence-corrected chi connectivity index (χ0v) is 13.7. The van der Waals surface area contributed by atoms with Gasteiger partial charge in [-0.05, 0) is 55.0 Å². The summed E-state index contributed by atoms with van der Waals surface area (Å²) in [6, 6.07) is 14.5. The van der Waals surface area contributed by atoms with Gasteiger partial charge in [-0.2, -0.15) is 0 Å². The standard InChI is InChI=1S/C18H16N2O2S/c1-12-3-7-14(8-4-12)20-16(17(22)19(2)18(20)23)11-13-5-9-15(21)10-6-13/h3-11,21H,1-2H3/b16-11+. The number of anilines is 1. The predicted octanol–water partition coefficient (Wildman–Crippen LogP) is 3.31. The molecule has 0 bridgehead atoms. The highest BCUT2D eigenvalue weighted by atomic mass is 32.1. The van der Waals surface area contributed by atoms with Crippen LogP contribution in [-0.4, -0.2) is 28.1 Å². The van der Waals surface area contributed by atoms with E-state index in [-0.39, 0.29) is 11.7 Å². The molecule has 1 heterocycles. The van der Waals surface area contributed by atoms with E-state index in [0.29, 0.717) is 10.8 Å². The average Bonchev–Trinajstić information content (AvgIpc) is 2.75. The van der Waals surface area contributed by atoms with Crippen LogP contribution in [0.25, 0.3) is 6.08 Å². The highest BCUT2D eigenvalue weighted by Gasteiger charge is 2.36. The van der Waals surface area contributed by atoms with E-state index in [9.17, 15) is 9.90 Å². The number of carbonyl (C=O) groups excluding carboxylic acids is 1. The number of amides is 1. The predicted molar refractivity (Wildman–Crippen MR) is 95.1 cm³/mol. The van der Waals surface area contributed by atoms with Gasteiger partial charge >= 0.3 is 0 Å². The molecular formula is C18H16N2O2S. The summed E-state index contributed by atoms with van der Waals surface area (Å²) in [5.41, 5.74) is 3.30. The van der Waals surface area contributed by atoms with Crippen LogP contribution in [0.1, 0.15) is 11.1 Å². The number of rotatable bonds is 2. The summed E-state index contributed by atoms with van der Waals surface area (Å²) in [5.74, 6) is 0.0385. The average molecular weight is 324 g/mol. The first kappa shape index (κ1) is 15.2. The lowest BCUT2D eigenvalue weighted by molar-refractivity contribution is -0.121. The van der Waals surface area contributed by atoms with Crippen LogP contribution in [0.5, 0.6) is 5.75 Å². The Morgan fingerprint density at radius 2 is 1.65 bits per heavy atom. The number of phenolic OH excluding ortho intramolecular Hbond substituents is 1. The van der Waals surface area contributed by atoms with Gasteiger partial charge in [-0.15, -0.1) is 0 Å². The second-order valence-electron chi connectivity index (χ2n) is 5.44. The summed E-state index contributed by atoms with van der Waals surface area (Å²) >= 11 is 5.42. The van der Waals surface area contributed by atoms with Gasteiger partial charge in [0.05, 0.1) is 0 Å². The van der Waals surface area contributed by atoms with Gasteiger partial charge in [0.2, 0.25) is 0 Å². The van der Waals surface area contributed by atoms with Gasteiger partial charge in [-0.25, -0.2) is 0 Å². The van der Waals surface area contributed by atoms with Crippen LogP contribution in [0.2, 0.25) is 0 Å². The zero-order valence-electron chi connectivity index (χ0n) is 12.9. The third-order valence-electron chi connectivity index (χ3n) is 3.73. The second kappa shape index (κ2) is 5.85. The fourth-order valence-electron chi connectivity index (χ4n) is 2.41. The maximum Gasteiger partial charge on any atom is 0.276 e. The molecule has 0 spiro atoms. The monoisotopic (exact) mass is 324 g/mol. The molecule has 4 nitrogen and oxygen atoms in total. The Hall–Kier alpha value is -2.66. The molecule has 2 aromatic carbocycles. The molecule has 3 rings (SSSR count). The summed E-state index contributed by atoms with van der Waals surface area (Å²) in [4.78, 5) is 15.7. The topological polar surface area (TPSA) is 43.8 Å². The SMILES string of the molecule is Cc1ccc(N2C(=S)N(C)C(=O)/C2=C\c2ccc(O)cc2)cc1. The maximum atomic E-state index is 12.5. The Morgan fingerprint density at radius 3 is 2.26 bits per heavy atom. The van der Waals surface area contributed by atoms with E-state index in [1.165, 1.54) is 4.90 Å². The molecule has 0 unspecified atom stereocenters. The molecule has 1 amide bonds. The van der Waals surface area contributed by atoms with E-state index in [4.69, 9.17) is 12.2 Å². The Bertz CT molecular complexity index is 795. The van der Waals surface area contributed by atoms with Crippen LogP contribution >= 0.6 is 12.2 Å². The lowest BCUT2D eigenvalue weighted by atomic mass is 10.1. The van der Waals surface area contributed by atoms with Gasteiger partial charge in [-0.3, -0.25) is 14.6 Å². The van der Waals surface area contributed by atoms with Crippen molar-refractivity contribution in [3.8, 4) is 5.75 Å². The third-order valence-corrected chi connectivity index (χ3v) is 4.19. The van der Waals surface area contributed by atoms with Crippen molar-refractivity contribution in [3.05, 3.63) is 65.4 Å². The summed E-state index contributed by atoms with van der Waals surface area (Å²) in [5, 5.41) is 9.83. The minimum Gasteiger partial charge on any atom is -0.508 e. The molecule has 1 fully saturated rings. The number of phenols is 1. The first-order valence-electron chi connectivity index (χ1n) is 7.17. The van der Waals surface area contributed by atoms with Gasteiger partial charge in [0, 0.05) is 12.7 Å². The van der Waals surface area contributed by atoms with Gasteiger partial charge in [0.1, 0.15) is 11.4 Å². The molecule has 1 N–H and O–H groups in total. The van der Waals surface area contributed by atoms with Crippen molar-refractivity contribution >= 4 is 35.0 Å². The molecule has 2 aromatic rings. The fraction of sp³-hybridized carbons (Fsp3) is 0.111. The van der Waals surface area contributed by atoms with Gasteiger partial charge < -0.3 is 5.11 Å². The molecule has 1 aliphatic rings. The molecule has 0 atom stereocenters. The number of hydrogen-bond donors (Lipinski definition) is 1. The smallest absolute Gasteiger partial charge is 0.276 e. The van der Waals surface area contributed by atoms with Gasteiger partial charge in [-0.1, -0.05) is 29.8 Å². The summed E-state index contributed by atoms with van der Waals surface area (Å²) in [6.45, 7) is 2.01. The van der Waals surface area contributed by atoms with Gasteiger partial charge in [0.15, 0.2) is 5.11 Å². The van der Waals surface area contributed by atoms with Crippen molar-refractivity contribution in [1.82, 2.24) is 4.90 Å². The van der Waals surface area contributed by atoms with E-state index in [0.717, 1.165) is 16.8 Å². The third kappa shape index (κ3) is 2.83. The van der Waals surface area contributed by atoms with Crippen LogP contribution in [0.3, 0.4) is 0 Å². The molecule has 116 valence electrons. The minimum absolute atomic E-state index is 0.149. The van der Waals surface area contributed by atoms with Crippen molar-refractivity contribution in [2.75, 3.05) is 11.9 Å². The number of nitrogens with zero attached hydrogens (tertiary/aromatic N) is 2. The summed E-state index contributed by atoms with van der Waals surface area (Å²) in [7, 11) is 1.67. The van der Waals surface area contributed by atoms with Crippen LogP contribution in [0.15, 0.2) is 54.2 Å². The Balaban J connectivity index is 2.07. The lowest BCUT2D eigenvalue weighted by Crippen LogP contribution is -2.29. The highest BCUT2D eigenvalue weighted by Crippen LogP contribution is 2.29. The molecule has 5 heteroatoms. The Morgan fingerprint density at radius 1 is 1.04 bits per heavy atom. The number of likely N-dealkylation sites (N-methyl/N-ethyl adjacent to an activating group) is 1. The largest absolute Gasteiger partial charge is 0.508 e. The van der Waals surface area contributed by atoms with Crippen molar-refractivity contribution < 1.29 is 9.90 Å². The molecule has 1 saturated heterocycles. The normalized spacial score (nSPS) is 16.5. The number of aryl methyl sites for hydroxylation is 1. The van der Waals surface area contributed by atoms with Crippen LogP contribution in [-0.2, 0) is 4.79 Å². The molecule has 0 aromatic heterocycles. The number of thiocarbonyl (C=S) groups is 1. The minimum atomic E-state index is -0.149. The molecule has 0 saturated carbocycles. The van der Waals surface area contributed by atoms with Crippen molar-refractivity contribution in [3.63, 3.8) is 0 Å². The van der Waals surface area contributed by atoms with E-state index in [1.807, 2.05) is 31.2 Å². The molecule has 1 aliphatic heterocycles. The number of benzene rings is 2. The maximum absolute atomic E-state index is 12.5. The van der Waals surface area contributed by atoms with E-state index in [1.54, 1.807) is 42.3 Å². The molecule has 0 aliphatic carbocycles. The molecular weight excluding hydrogens is 308 g/mol. The van der Waals surface area contributed by atoms with Crippen LogP contribution < -0.4 is 4.90 Å². The number of aromatic hydroxyl groups is 1. The second-order valence-corrected chi connectivity index (χ2v) is 5.80. The van der Waals surface area contributed by atoms with Crippen LogP contribution in [0, 0.1) is 6.92 Å². The van der Waals surface area contributed by atoms with Crippen molar-refractivity contribution in [1.29, 1.82) is 0 Å². The Labute approximate surface area is 140 Å². The zero-order chi connectivity index (χ0) is 16.6. The van der Waals surface area contributed by atoms with E-state index < -0.39 is 0 Å². The number of hydrogen-bond acceptors (Lipinski definition) is 3. The van der Waals surface area contributed by atoms with Crippen molar-refractivity contribution in [2.24, 2.45) is 0 Å². The van der Waals surface area contributed by atoms with Crippen molar-refractivity contribution in [2.45, 2.75) is 6.92 Å². The van der Waals surface area contributed by atoms with Gasteiger partial charge in [0.25, 0.3) is 5.91 Å². The molecule has 23 heavy (non-hydrogen) atoms.